The maximum Gasteiger partial charge on any atom is 0.101 e. The van der Waals surface area contributed by atoms with Crippen molar-refractivity contribution in [3.8, 4) is 0 Å². The molecule has 1 unspecified atom stereocenters. The van der Waals surface area contributed by atoms with E-state index in [4.69, 9.17) is 21.8 Å². The van der Waals surface area contributed by atoms with Crippen LogP contribution in [-0.4, -0.2) is 0 Å². The molecule has 0 saturated heterocycles. The van der Waals surface area contributed by atoms with Crippen LogP contribution >= 0.6 is 11.6 Å². The fourth-order valence-electron chi connectivity index (χ4n) is 1.85. The second kappa shape index (κ2) is 4.55. The lowest BCUT2D eigenvalue weighted by Crippen LogP contribution is -2.12. The second-order valence-corrected chi connectivity index (χ2v) is 4.83. The van der Waals surface area contributed by atoms with Crippen LogP contribution < -0.4 is 5.73 Å². The minimum Gasteiger partial charge on any atom is -0.469 e. The topological polar surface area (TPSA) is 39.2 Å². The lowest BCUT2D eigenvalue weighted by Gasteiger charge is -2.14. The molecule has 1 aromatic heterocycles. The Morgan fingerprint density at radius 2 is 1.76 bits per heavy atom. The first kappa shape index (κ1) is 12.2. The molecule has 0 aliphatic rings. The largest absolute Gasteiger partial charge is 0.469 e. The van der Waals surface area contributed by atoms with Crippen LogP contribution in [0, 0.1) is 20.8 Å². The molecular weight excluding hydrogens is 234 g/mol. The molecule has 2 rings (SSSR count). The van der Waals surface area contributed by atoms with Crippen LogP contribution in [0.2, 0.25) is 5.02 Å². The monoisotopic (exact) mass is 249 g/mol. The molecule has 1 atom stereocenters. The van der Waals surface area contributed by atoms with E-state index in [1.54, 1.807) is 6.26 Å². The van der Waals surface area contributed by atoms with Gasteiger partial charge in [0.25, 0.3) is 0 Å². The normalized spacial score (nSPS) is 12.8. The molecule has 0 spiro atoms. The van der Waals surface area contributed by atoms with E-state index < -0.39 is 0 Å². The minimum absolute atomic E-state index is 0.237. The van der Waals surface area contributed by atoms with E-state index in [2.05, 4.69) is 6.92 Å². The molecule has 0 saturated carbocycles. The van der Waals surface area contributed by atoms with Crippen molar-refractivity contribution in [2.24, 2.45) is 5.73 Å². The molecule has 17 heavy (non-hydrogen) atoms. The number of rotatable bonds is 2. The van der Waals surface area contributed by atoms with Gasteiger partial charge in [-0.15, -0.1) is 0 Å². The average molecular weight is 250 g/mol. The van der Waals surface area contributed by atoms with Crippen LogP contribution in [0.3, 0.4) is 0 Å². The molecule has 2 aromatic rings. The molecule has 0 bridgehead atoms. The van der Waals surface area contributed by atoms with Gasteiger partial charge in [-0.05, 0) is 49.6 Å². The van der Waals surface area contributed by atoms with Gasteiger partial charge >= 0.3 is 0 Å². The van der Waals surface area contributed by atoms with Gasteiger partial charge in [0, 0.05) is 10.6 Å². The van der Waals surface area contributed by atoms with Crippen molar-refractivity contribution in [1.82, 2.24) is 0 Å². The van der Waals surface area contributed by atoms with Crippen molar-refractivity contribution < 1.29 is 4.42 Å². The van der Waals surface area contributed by atoms with Crippen molar-refractivity contribution in [1.29, 1.82) is 0 Å². The number of hydrogen-bond acceptors (Lipinski definition) is 2. The van der Waals surface area contributed by atoms with Gasteiger partial charge in [-0.2, -0.15) is 0 Å². The highest BCUT2D eigenvalue weighted by Crippen LogP contribution is 2.29. The highest BCUT2D eigenvalue weighted by Gasteiger charge is 2.15. The van der Waals surface area contributed by atoms with Crippen LogP contribution in [0.25, 0.3) is 0 Å². The fraction of sp³-hybridized carbons (Fsp3) is 0.286. The molecule has 1 heterocycles. The molecular formula is C14H16ClNO. The maximum absolute atomic E-state index is 6.24. The number of aryl methyl sites for hydroxylation is 3. The summed E-state index contributed by atoms with van der Waals surface area (Å²) in [6, 6.07) is 5.71. The predicted molar refractivity (Wildman–Crippen MR) is 70.4 cm³/mol. The maximum atomic E-state index is 6.24. The van der Waals surface area contributed by atoms with Crippen LogP contribution in [0.1, 0.15) is 34.1 Å². The van der Waals surface area contributed by atoms with E-state index in [1.165, 1.54) is 11.1 Å². The van der Waals surface area contributed by atoms with Crippen molar-refractivity contribution in [2.45, 2.75) is 26.8 Å². The Hall–Kier alpha value is -1.25. The van der Waals surface area contributed by atoms with Gasteiger partial charge in [0.2, 0.25) is 0 Å². The molecule has 90 valence electrons. The van der Waals surface area contributed by atoms with Gasteiger partial charge in [0.15, 0.2) is 0 Å². The molecule has 0 amide bonds. The van der Waals surface area contributed by atoms with E-state index in [1.807, 2.05) is 32.0 Å². The van der Waals surface area contributed by atoms with Crippen LogP contribution in [0.15, 0.2) is 28.9 Å². The first-order valence-electron chi connectivity index (χ1n) is 5.56. The highest BCUT2D eigenvalue weighted by molar-refractivity contribution is 6.31. The predicted octanol–water partition coefficient (Wildman–Crippen LogP) is 3.91. The SMILES string of the molecule is Cc1cc(C(N)c2cc(C)c(C)cc2Cl)co1. The third-order valence-corrected chi connectivity index (χ3v) is 3.39. The first-order chi connectivity index (χ1) is 7.99. The second-order valence-electron chi connectivity index (χ2n) is 4.43. The summed E-state index contributed by atoms with van der Waals surface area (Å²) < 4.78 is 5.28. The van der Waals surface area contributed by atoms with Crippen LogP contribution in [0.5, 0.6) is 0 Å². The summed E-state index contributed by atoms with van der Waals surface area (Å²) in [6.07, 6.45) is 1.69. The van der Waals surface area contributed by atoms with E-state index in [0.29, 0.717) is 5.02 Å². The smallest absolute Gasteiger partial charge is 0.101 e. The Bertz CT molecular complexity index is 545. The van der Waals surface area contributed by atoms with Crippen molar-refractivity contribution in [3.63, 3.8) is 0 Å². The van der Waals surface area contributed by atoms with Crippen molar-refractivity contribution >= 4 is 11.6 Å². The minimum atomic E-state index is -0.237. The molecule has 1 aromatic carbocycles. The Morgan fingerprint density at radius 1 is 1.12 bits per heavy atom. The molecule has 2 N–H and O–H groups in total. The molecule has 2 nitrogen and oxygen atoms in total. The summed E-state index contributed by atoms with van der Waals surface area (Å²) in [6.45, 7) is 6.00. The van der Waals surface area contributed by atoms with Gasteiger partial charge in [-0.3, -0.25) is 0 Å². The molecule has 0 aliphatic heterocycles. The number of hydrogen-bond donors (Lipinski definition) is 1. The number of halogens is 1. The summed E-state index contributed by atoms with van der Waals surface area (Å²) in [5, 5.41) is 0.708. The van der Waals surface area contributed by atoms with Gasteiger partial charge in [0.05, 0.1) is 12.3 Å². The molecule has 0 aliphatic carbocycles. The zero-order chi connectivity index (χ0) is 12.6. The summed E-state index contributed by atoms with van der Waals surface area (Å²) in [4.78, 5) is 0. The zero-order valence-corrected chi connectivity index (χ0v) is 11.0. The Morgan fingerprint density at radius 3 is 2.35 bits per heavy atom. The first-order valence-corrected chi connectivity index (χ1v) is 5.94. The number of furan rings is 1. The van der Waals surface area contributed by atoms with E-state index in [-0.39, 0.29) is 6.04 Å². The van der Waals surface area contributed by atoms with Gasteiger partial charge in [0.1, 0.15) is 5.76 Å². The van der Waals surface area contributed by atoms with Crippen molar-refractivity contribution in [3.05, 3.63) is 57.5 Å². The van der Waals surface area contributed by atoms with E-state index in [9.17, 15) is 0 Å². The van der Waals surface area contributed by atoms with Crippen molar-refractivity contribution in [2.75, 3.05) is 0 Å². The molecule has 3 heteroatoms. The summed E-state index contributed by atoms with van der Waals surface area (Å²) in [7, 11) is 0. The Labute approximate surface area is 106 Å². The van der Waals surface area contributed by atoms with E-state index >= 15 is 0 Å². The summed E-state index contributed by atoms with van der Waals surface area (Å²) in [5.74, 6) is 0.857. The van der Waals surface area contributed by atoms with Crippen LogP contribution in [-0.2, 0) is 0 Å². The van der Waals surface area contributed by atoms with Crippen LogP contribution in [0.4, 0.5) is 0 Å². The third-order valence-electron chi connectivity index (χ3n) is 3.06. The highest BCUT2D eigenvalue weighted by atomic mass is 35.5. The van der Waals surface area contributed by atoms with Gasteiger partial charge in [-0.1, -0.05) is 17.7 Å². The van der Waals surface area contributed by atoms with Gasteiger partial charge < -0.3 is 10.2 Å². The average Bonchev–Trinajstić information content (AvgIpc) is 2.69. The third kappa shape index (κ3) is 2.38. The molecule has 0 radical (unpaired) electrons. The number of nitrogens with two attached hydrogens (primary N) is 1. The quantitative estimate of drug-likeness (QED) is 0.877. The fourth-order valence-corrected chi connectivity index (χ4v) is 2.18. The molecule has 0 fully saturated rings. The summed E-state index contributed by atoms with van der Waals surface area (Å²) in [5.41, 5.74) is 10.5. The standard InChI is InChI=1S/C14H16ClNO/c1-8-4-12(13(15)5-9(8)2)14(16)11-6-10(3)17-7-11/h4-7,14H,16H2,1-3H3. The lowest BCUT2D eigenvalue weighted by atomic mass is 9.98. The Balaban J connectivity index is 2.43. The Kier molecular flexibility index (Phi) is 3.27. The zero-order valence-electron chi connectivity index (χ0n) is 10.3. The van der Waals surface area contributed by atoms with Gasteiger partial charge in [-0.25, -0.2) is 0 Å². The number of benzene rings is 1. The summed E-state index contributed by atoms with van der Waals surface area (Å²) >= 11 is 6.24. The van der Waals surface area contributed by atoms with E-state index in [0.717, 1.165) is 16.9 Å². The lowest BCUT2D eigenvalue weighted by molar-refractivity contribution is 0.530.